The van der Waals surface area contributed by atoms with Crippen LogP contribution in [0.4, 0.5) is 5.69 Å². The molecule has 1 fully saturated rings. The summed E-state index contributed by atoms with van der Waals surface area (Å²) in [6, 6.07) is 16.6. The van der Waals surface area contributed by atoms with Gasteiger partial charge in [0.15, 0.2) is 0 Å². The van der Waals surface area contributed by atoms with E-state index in [-0.39, 0.29) is 22.6 Å². The Balaban J connectivity index is 1.33. The normalized spacial score (nSPS) is 19.3. The van der Waals surface area contributed by atoms with Crippen molar-refractivity contribution in [1.82, 2.24) is 9.71 Å². The number of hydrogen-bond acceptors (Lipinski definition) is 4. The van der Waals surface area contributed by atoms with Gasteiger partial charge in [-0.25, -0.2) is 13.1 Å². The van der Waals surface area contributed by atoms with Gasteiger partial charge in [0.25, 0.3) is 0 Å². The lowest BCUT2D eigenvalue weighted by Gasteiger charge is -2.28. The van der Waals surface area contributed by atoms with Crippen molar-refractivity contribution in [3.8, 4) is 0 Å². The molecule has 1 aliphatic carbocycles. The molecule has 1 saturated carbocycles. The minimum absolute atomic E-state index is 0.0327. The van der Waals surface area contributed by atoms with Crippen LogP contribution in [0.15, 0.2) is 65.7 Å². The van der Waals surface area contributed by atoms with Crippen LogP contribution in [0.3, 0.4) is 0 Å². The van der Waals surface area contributed by atoms with E-state index >= 15 is 0 Å². The molecule has 1 aromatic heterocycles. The molecule has 0 radical (unpaired) electrons. The number of benzene rings is 2. The summed E-state index contributed by atoms with van der Waals surface area (Å²) in [5.74, 6) is 0.241. The highest BCUT2D eigenvalue weighted by Gasteiger charge is 2.28. The first-order valence-electron chi connectivity index (χ1n) is 10.6. The topological polar surface area (TPSA) is 88.2 Å². The Morgan fingerprint density at radius 2 is 1.74 bits per heavy atom. The number of aromatic nitrogens is 1. The Morgan fingerprint density at radius 1 is 1.00 bits per heavy atom. The maximum atomic E-state index is 12.9. The molecule has 4 rings (SSSR count). The molecule has 2 N–H and O–H groups in total. The van der Waals surface area contributed by atoms with Crippen LogP contribution in [0.1, 0.15) is 31.2 Å². The first-order valence-corrected chi connectivity index (χ1v) is 12.1. The minimum atomic E-state index is -3.65. The average Bonchev–Trinajstić information content (AvgIpc) is 2.79. The first kappa shape index (κ1) is 21.5. The fourth-order valence-electron chi connectivity index (χ4n) is 4.18. The van der Waals surface area contributed by atoms with Gasteiger partial charge in [-0.1, -0.05) is 36.4 Å². The van der Waals surface area contributed by atoms with Gasteiger partial charge in [0.2, 0.25) is 15.9 Å². The molecule has 6 nitrogen and oxygen atoms in total. The number of rotatable bonds is 6. The summed E-state index contributed by atoms with van der Waals surface area (Å²) in [5.41, 5.74) is 2.38. The smallest absolute Gasteiger partial charge is 0.242 e. The second-order valence-electron chi connectivity index (χ2n) is 8.20. The van der Waals surface area contributed by atoms with Gasteiger partial charge in [-0.05, 0) is 62.3 Å². The zero-order chi connectivity index (χ0) is 21.8. The summed E-state index contributed by atoms with van der Waals surface area (Å²) in [6.07, 6.45) is 4.77. The van der Waals surface area contributed by atoms with E-state index in [9.17, 15) is 13.2 Å². The fraction of sp³-hybridized carbons (Fsp3) is 0.333. The summed E-state index contributed by atoms with van der Waals surface area (Å²) in [6.45, 7) is 2.35. The number of para-hydroxylation sites is 2. The molecule has 1 heterocycles. The van der Waals surface area contributed by atoms with Crippen LogP contribution >= 0.6 is 0 Å². The largest absolute Gasteiger partial charge is 0.326 e. The van der Waals surface area contributed by atoms with Crippen LogP contribution in [0.2, 0.25) is 0 Å². The second kappa shape index (κ2) is 9.16. The van der Waals surface area contributed by atoms with Crippen molar-refractivity contribution in [1.29, 1.82) is 0 Å². The first-order chi connectivity index (χ1) is 14.9. The highest BCUT2D eigenvalue weighted by Crippen LogP contribution is 2.30. The van der Waals surface area contributed by atoms with Crippen molar-refractivity contribution in [3.63, 3.8) is 0 Å². The van der Waals surface area contributed by atoms with Crippen molar-refractivity contribution in [3.05, 3.63) is 66.4 Å². The number of aryl methyl sites for hydroxylation is 1. The van der Waals surface area contributed by atoms with Crippen molar-refractivity contribution in [2.75, 3.05) is 11.9 Å². The number of anilines is 1. The quantitative estimate of drug-likeness (QED) is 0.603. The molecule has 1 aliphatic rings. The van der Waals surface area contributed by atoms with E-state index in [4.69, 9.17) is 0 Å². The van der Waals surface area contributed by atoms with E-state index in [1.165, 1.54) is 0 Å². The van der Waals surface area contributed by atoms with Gasteiger partial charge in [-0.2, -0.15) is 0 Å². The number of pyridine rings is 1. The maximum absolute atomic E-state index is 12.9. The maximum Gasteiger partial charge on any atom is 0.242 e. The summed E-state index contributed by atoms with van der Waals surface area (Å²) < 4.78 is 28.5. The van der Waals surface area contributed by atoms with E-state index in [1.54, 1.807) is 24.4 Å². The molecular weight excluding hydrogens is 410 g/mol. The average molecular weight is 438 g/mol. The lowest BCUT2D eigenvalue weighted by atomic mass is 9.81. The van der Waals surface area contributed by atoms with Gasteiger partial charge in [-0.15, -0.1) is 0 Å². The van der Waals surface area contributed by atoms with Crippen molar-refractivity contribution >= 4 is 32.5 Å². The Morgan fingerprint density at radius 3 is 2.52 bits per heavy atom. The highest BCUT2D eigenvalue weighted by molar-refractivity contribution is 7.89. The van der Waals surface area contributed by atoms with Gasteiger partial charge >= 0.3 is 0 Å². The van der Waals surface area contributed by atoms with Crippen LogP contribution in [0, 0.1) is 18.8 Å². The predicted octanol–water partition coefficient (Wildman–Crippen LogP) is 4.27. The standard InChI is InChI=1S/C24H27N3O3S/c1-17-6-2-3-9-21(17)27-24(28)20-13-11-18(12-14-20)16-26-31(29,30)22-10-4-7-19-8-5-15-25-23(19)22/h2-10,15,18,20,26H,11-14,16H2,1H3,(H,27,28). The fourth-order valence-corrected chi connectivity index (χ4v) is 5.47. The summed E-state index contributed by atoms with van der Waals surface area (Å²) >= 11 is 0. The summed E-state index contributed by atoms with van der Waals surface area (Å²) in [7, 11) is -3.65. The predicted molar refractivity (Wildman–Crippen MR) is 122 cm³/mol. The third-order valence-corrected chi connectivity index (χ3v) is 7.52. The van der Waals surface area contributed by atoms with Gasteiger partial charge in [-0.3, -0.25) is 9.78 Å². The second-order valence-corrected chi connectivity index (χ2v) is 9.94. The molecule has 3 aromatic rings. The van der Waals surface area contributed by atoms with Crippen LogP contribution in [-0.2, 0) is 14.8 Å². The molecular formula is C24H27N3O3S. The van der Waals surface area contributed by atoms with E-state index < -0.39 is 10.0 Å². The molecule has 0 saturated heterocycles. The monoisotopic (exact) mass is 437 g/mol. The van der Waals surface area contributed by atoms with Crippen LogP contribution < -0.4 is 10.0 Å². The Bertz CT molecular complexity index is 1180. The number of carbonyl (C=O) groups is 1. The molecule has 1 amide bonds. The Kier molecular flexibility index (Phi) is 6.34. The number of nitrogens with one attached hydrogen (secondary N) is 2. The van der Waals surface area contributed by atoms with Crippen LogP contribution in [0.5, 0.6) is 0 Å². The molecule has 0 spiro atoms. The SMILES string of the molecule is Cc1ccccc1NC(=O)C1CCC(CNS(=O)(=O)c2cccc3cccnc23)CC1. The zero-order valence-corrected chi connectivity index (χ0v) is 18.4. The summed E-state index contributed by atoms with van der Waals surface area (Å²) in [4.78, 5) is 17.1. The molecule has 7 heteroatoms. The molecule has 0 atom stereocenters. The molecule has 2 aromatic carbocycles. The molecule has 0 aliphatic heterocycles. The lowest BCUT2D eigenvalue weighted by Crippen LogP contribution is -2.33. The molecule has 0 unspecified atom stereocenters. The van der Waals surface area contributed by atoms with Crippen molar-refractivity contribution in [2.45, 2.75) is 37.5 Å². The number of carbonyl (C=O) groups excluding carboxylic acids is 1. The van der Waals surface area contributed by atoms with Gasteiger partial charge in [0.1, 0.15) is 4.90 Å². The van der Waals surface area contributed by atoms with Crippen LogP contribution in [0.25, 0.3) is 10.9 Å². The molecule has 31 heavy (non-hydrogen) atoms. The number of hydrogen-bond donors (Lipinski definition) is 2. The number of amides is 1. The lowest BCUT2D eigenvalue weighted by molar-refractivity contribution is -0.121. The van der Waals surface area contributed by atoms with E-state index in [1.807, 2.05) is 43.3 Å². The van der Waals surface area contributed by atoms with Gasteiger partial charge < -0.3 is 5.32 Å². The minimum Gasteiger partial charge on any atom is -0.326 e. The third-order valence-electron chi connectivity index (χ3n) is 6.07. The summed E-state index contributed by atoms with van der Waals surface area (Å²) in [5, 5.41) is 3.83. The van der Waals surface area contributed by atoms with E-state index in [0.29, 0.717) is 12.1 Å². The van der Waals surface area contributed by atoms with Crippen molar-refractivity contribution in [2.24, 2.45) is 11.8 Å². The number of nitrogens with zero attached hydrogens (tertiary/aromatic N) is 1. The van der Waals surface area contributed by atoms with Crippen molar-refractivity contribution < 1.29 is 13.2 Å². The number of sulfonamides is 1. The Labute approximate surface area is 183 Å². The highest BCUT2D eigenvalue weighted by atomic mass is 32.2. The zero-order valence-electron chi connectivity index (χ0n) is 17.5. The molecule has 0 bridgehead atoms. The van der Waals surface area contributed by atoms with Crippen LogP contribution in [-0.4, -0.2) is 25.9 Å². The molecule has 162 valence electrons. The van der Waals surface area contributed by atoms with E-state index in [0.717, 1.165) is 42.3 Å². The van der Waals surface area contributed by atoms with Gasteiger partial charge in [0, 0.05) is 29.7 Å². The number of fused-ring (bicyclic) bond motifs is 1. The third kappa shape index (κ3) is 4.94. The van der Waals surface area contributed by atoms with Gasteiger partial charge in [0.05, 0.1) is 5.52 Å². The Hall–Kier alpha value is -2.77. The van der Waals surface area contributed by atoms with E-state index in [2.05, 4.69) is 15.0 Å².